The van der Waals surface area contributed by atoms with Gasteiger partial charge in [0.05, 0.1) is 7.11 Å². The Morgan fingerprint density at radius 3 is 2.40 bits per heavy atom. The number of nitrogens with zero attached hydrogens (tertiary/aromatic N) is 5. The first-order valence-corrected chi connectivity index (χ1v) is 10.5. The number of hydrogen-bond donors (Lipinski definition) is 0. The molecule has 3 heterocycles. The van der Waals surface area contributed by atoms with Crippen LogP contribution in [0.3, 0.4) is 0 Å². The van der Waals surface area contributed by atoms with Crippen LogP contribution in [0.1, 0.15) is 19.3 Å². The fourth-order valence-electron chi connectivity index (χ4n) is 4.21. The van der Waals surface area contributed by atoms with Crippen LogP contribution in [-0.2, 0) is 4.79 Å². The van der Waals surface area contributed by atoms with E-state index in [1.807, 2.05) is 11.0 Å². The molecule has 1 aromatic carbocycles. The second-order valence-electron chi connectivity index (χ2n) is 7.88. The number of anilines is 2. The average molecular weight is 413 g/mol. The molecule has 0 unspecified atom stereocenters. The summed E-state index contributed by atoms with van der Waals surface area (Å²) in [6.45, 7) is 4.77. The Morgan fingerprint density at radius 1 is 1.03 bits per heavy atom. The normalized spacial score (nSPS) is 17.9. The summed E-state index contributed by atoms with van der Waals surface area (Å²) in [7, 11) is 1.57. The molecule has 0 spiro atoms. The van der Waals surface area contributed by atoms with E-state index in [4.69, 9.17) is 4.74 Å². The highest BCUT2D eigenvalue weighted by Gasteiger charge is 2.27. The van der Waals surface area contributed by atoms with Gasteiger partial charge >= 0.3 is 6.01 Å². The standard InChI is InChI=1S/C22H28FN5O2/c1-30-22-24-9-6-20(25-22)27-10-7-17(8-11-27)16-21(29)28-14-12-26(13-15-28)19-4-2-18(23)3-5-19/h2-6,9,17H,7-8,10-16H2,1H3. The van der Waals surface area contributed by atoms with Gasteiger partial charge in [0.25, 0.3) is 0 Å². The lowest BCUT2D eigenvalue weighted by Gasteiger charge is -2.37. The Kier molecular flexibility index (Phi) is 6.30. The van der Waals surface area contributed by atoms with E-state index >= 15 is 0 Å². The maximum Gasteiger partial charge on any atom is 0.318 e. The van der Waals surface area contributed by atoms with Crippen molar-refractivity contribution in [3.05, 3.63) is 42.3 Å². The highest BCUT2D eigenvalue weighted by molar-refractivity contribution is 5.77. The molecule has 0 N–H and O–H groups in total. The predicted octanol–water partition coefficient (Wildman–Crippen LogP) is 2.58. The smallest absolute Gasteiger partial charge is 0.318 e. The number of rotatable bonds is 5. The maximum absolute atomic E-state index is 13.1. The maximum atomic E-state index is 13.1. The molecular weight excluding hydrogens is 385 g/mol. The van der Waals surface area contributed by atoms with Gasteiger partial charge in [0.15, 0.2) is 0 Å². The number of carbonyl (C=O) groups excluding carboxylic acids is 1. The number of methoxy groups -OCH3 is 1. The largest absolute Gasteiger partial charge is 0.467 e. The van der Waals surface area contributed by atoms with Crippen LogP contribution >= 0.6 is 0 Å². The Labute approximate surface area is 176 Å². The second-order valence-corrected chi connectivity index (χ2v) is 7.88. The zero-order chi connectivity index (χ0) is 20.9. The molecule has 2 aromatic rings. The van der Waals surface area contributed by atoms with E-state index in [0.717, 1.165) is 63.6 Å². The summed E-state index contributed by atoms with van der Waals surface area (Å²) in [4.78, 5) is 27.7. The number of amides is 1. The zero-order valence-electron chi connectivity index (χ0n) is 17.3. The second kappa shape index (κ2) is 9.28. The van der Waals surface area contributed by atoms with Crippen molar-refractivity contribution >= 4 is 17.4 Å². The van der Waals surface area contributed by atoms with Crippen LogP contribution in [0.25, 0.3) is 0 Å². The van der Waals surface area contributed by atoms with Crippen molar-refractivity contribution in [3.63, 3.8) is 0 Å². The highest BCUT2D eigenvalue weighted by Crippen LogP contribution is 2.26. The number of piperidine rings is 1. The van der Waals surface area contributed by atoms with Gasteiger partial charge in [-0.15, -0.1) is 0 Å². The Hall–Kier alpha value is -2.90. The first-order chi connectivity index (χ1) is 14.6. The van der Waals surface area contributed by atoms with Gasteiger partial charge in [-0.1, -0.05) is 0 Å². The summed E-state index contributed by atoms with van der Waals surface area (Å²) in [6, 6.07) is 8.84. The van der Waals surface area contributed by atoms with Gasteiger partial charge in [0, 0.05) is 57.6 Å². The molecular formula is C22H28FN5O2. The summed E-state index contributed by atoms with van der Waals surface area (Å²) < 4.78 is 18.2. The number of halogens is 1. The molecule has 0 atom stereocenters. The van der Waals surface area contributed by atoms with Crippen molar-refractivity contribution in [3.8, 4) is 6.01 Å². The minimum Gasteiger partial charge on any atom is -0.467 e. The van der Waals surface area contributed by atoms with Gasteiger partial charge in [-0.25, -0.2) is 9.37 Å². The van der Waals surface area contributed by atoms with Gasteiger partial charge in [0.2, 0.25) is 5.91 Å². The Morgan fingerprint density at radius 2 is 1.73 bits per heavy atom. The van der Waals surface area contributed by atoms with Crippen LogP contribution in [0, 0.1) is 11.7 Å². The van der Waals surface area contributed by atoms with Crippen LogP contribution in [0.4, 0.5) is 15.9 Å². The van der Waals surface area contributed by atoms with E-state index in [9.17, 15) is 9.18 Å². The van der Waals surface area contributed by atoms with E-state index in [2.05, 4.69) is 19.8 Å². The molecule has 8 heteroatoms. The molecule has 1 amide bonds. The van der Waals surface area contributed by atoms with Gasteiger partial charge in [0.1, 0.15) is 11.6 Å². The lowest BCUT2D eigenvalue weighted by atomic mass is 9.93. The van der Waals surface area contributed by atoms with Gasteiger partial charge < -0.3 is 19.4 Å². The molecule has 0 bridgehead atoms. The van der Waals surface area contributed by atoms with Crippen molar-refractivity contribution in [2.45, 2.75) is 19.3 Å². The lowest BCUT2D eigenvalue weighted by molar-refractivity contribution is -0.132. The van der Waals surface area contributed by atoms with Crippen molar-refractivity contribution < 1.29 is 13.9 Å². The summed E-state index contributed by atoms with van der Waals surface area (Å²) in [5.41, 5.74) is 1.01. The predicted molar refractivity (Wildman–Crippen MR) is 113 cm³/mol. The van der Waals surface area contributed by atoms with E-state index in [1.54, 1.807) is 25.4 Å². The van der Waals surface area contributed by atoms with Crippen LogP contribution in [-0.4, -0.2) is 67.2 Å². The third-order valence-electron chi connectivity index (χ3n) is 6.03. The minimum absolute atomic E-state index is 0.225. The third kappa shape index (κ3) is 4.80. The first kappa shape index (κ1) is 20.4. The average Bonchev–Trinajstić information content (AvgIpc) is 2.80. The monoisotopic (exact) mass is 413 g/mol. The number of benzene rings is 1. The quantitative estimate of drug-likeness (QED) is 0.751. The molecule has 2 saturated heterocycles. The third-order valence-corrected chi connectivity index (χ3v) is 6.03. The number of ether oxygens (including phenoxy) is 1. The molecule has 7 nitrogen and oxygen atoms in total. The molecule has 0 aliphatic carbocycles. The molecule has 2 aliphatic heterocycles. The number of hydrogen-bond acceptors (Lipinski definition) is 6. The molecule has 30 heavy (non-hydrogen) atoms. The van der Waals surface area contributed by atoms with Crippen molar-refractivity contribution in [2.24, 2.45) is 5.92 Å². The van der Waals surface area contributed by atoms with Crippen molar-refractivity contribution in [1.29, 1.82) is 0 Å². The fraction of sp³-hybridized carbons (Fsp3) is 0.500. The summed E-state index contributed by atoms with van der Waals surface area (Å²) in [5.74, 6) is 1.31. The molecule has 0 radical (unpaired) electrons. The summed E-state index contributed by atoms with van der Waals surface area (Å²) in [5, 5.41) is 0. The SMILES string of the molecule is COc1nccc(N2CCC(CC(=O)N3CCN(c4ccc(F)cc4)CC3)CC2)n1. The summed E-state index contributed by atoms with van der Waals surface area (Å²) >= 11 is 0. The number of carbonyl (C=O) groups is 1. The summed E-state index contributed by atoms with van der Waals surface area (Å²) in [6.07, 6.45) is 4.28. The Bertz CT molecular complexity index is 847. The van der Waals surface area contributed by atoms with Crippen LogP contribution in [0.2, 0.25) is 0 Å². The fourth-order valence-corrected chi connectivity index (χ4v) is 4.21. The number of aromatic nitrogens is 2. The lowest BCUT2D eigenvalue weighted by Crippen LogP contribution is -2.49. The van der Waals surface area contributed by atoms with E-state index in [0.29, 0.717) is 18.3 Å². The molecule has 4 rings (SSSR count). The van der Waals surface area contributed by atoms with Gasteiger partial charge in [-0.2, -0.15) is 4.98 Å². The molecule has 2 aliphatic rings. The van der Waals surface area contributed by atoms with Crippen LogP contribution in [0.5, 0.6) is 6.01 Å². The van der Waals surface area contributed by atoms with Crippen molar-refractivity contribution in [1.82, 2.24) is 14.9 Å². The van der Waals surface area contributed by atoms with Crippen molar-refractivity contribution in [2.75, 3.05) is 56.2 Å². The molecule has 160 valence electrons. The van der Waals surface area contributed by atoms with Gasteiger partial charge in [-0.3, -0.25) is 4.79 Å². The molecule has 1 aromatic heterocycles. The van der Waals surface area contributed by atoms with E-state index in [-0.39, 0.29) is 11.7 Å². The minimum atomic E-state index is -0.225. The Balaban J connectivity index is 1.23. The van der Waals surface area contributed by atoms with Crippen LogP contribution < -0.4 is 14.5 Å². The zero-order valence-corrected chi connectivity index (χ0v) is 17.3. The molecule has 2 fully saturated rings. The van der Waals surface area contributed by atoms with Crippen LogP contribution in [0.15, 0.2) is 36.5 Å². The van der Waals surface area contributed by atoms with E-state index in [1.165, 1.54) is 12.1 Å². The highest BCUT2D eigenvalue weighted by atomic mass is 19.1. The topological polar surface area (TPSA) is 61.8 Å². The van der Waals surface area contributed by atoms with Gasteiger partial charge in [-0.05, 0) is 49.1 Å². The number of piperazine rings is 1. The molecule has 0 saturated carbocycles. The first-order valence-electron chi connectivity index (χ1n) is 10.5. The van der Waals surface area contributed by atoms with E-state index < -0.39 is 0 Å².